The number of benzene rings is 1. The number of para-hydroxylation sites is 1. The van der Waals surface area contributed by atoms with Crippen molar-refractivity contribution in [3.8, 4) is 5.69 Å². The first-order valence-electron chi connectivity index (χ1n) is 5.77. The average Bonchev–Trinajstić information content (AvgIpc) is 3.07. The van der Waals surface area contributed by atoms with Crippen LogP contribution in [0.5, 0.6) is 0 Å². The molecule has 96 valence electrons. The lowest BCUT2D eigenvalue weighted by atomic mass is 10.2. The Kier molecular flexibility index (Phi) is 3.38. The summed E-state index contributed by atoms with van der Waals surface area (Å²) in [6.45, 7) is 0. The summed E-state index contributed by atoms with van der Waals surface area (Å²) >= 11 is 7.34. The van der Waals surface area contributed by atoms with Crippen molar-refractivity contribution in [2.45, 2.75) is 6.10 Å². The van der Waals surface area contributed by atoms with E-state index in [0.29, 0.717) is 5.02 Å². The van der Waals surface area contributed by atoms with Gasteiger partial charge in [-0.2, -0.15) is 5.10 Å². The van der Waals surface area contributed by atoms with E-state index in [-0.39, 0.29) is 0 Å². The molecule has 1 unspecified atom stereocenters. The van der Waals surface area contributed by atoms with Gasteiger partial charge in [0.05, 0.1) is 16.4 Å². The van der Waals surface area contributed by atoms with Crippen molar-refractivity contribution in [3.63, 3.8) is 0 Å². The molecule has 3 nitrogen and oxygen atoms in total. The van der Waals surface area contributed by atoms with E-state index in [1.807, 2.05) is 41.8 Å². The van der Waals surface area contributed by atoms with E-state index in [1.54, 1.807) is 16.9 Å². The van der Waals surface area contributed by atoms with Crippen LogP contribution < -0.4 is 0 Å². The minimum atomic E-state index is -0.722. The number of aliphatic hydroxyl groups is 1. The Morgan fingerprint density at radius 3 is 2.68 bits per heavy atom. The Morgan fingerprint density at radius 2 is 2.00 bits per heavy atom. The van der Waals surface area contributed by atoms with Crippen LogP contribution in [0.1, 0.15) is 16.7 Å². The Hall–Kier alpha value is -1.62. The normalized spacial score (nSPS) is 12.5. The lowest BCUT2D eigenvalue weighted by Crippen LogP contribution is -2.07. The van der Waals surface area contributed by atoms with Crippen molar-refractivity contribution in [1.29, 1.82) is 0 Å². The highest BCUT2D eigenvalue weighted by atomic mass is 35.5. The molecule has 3 rings (SSSR count). The standard InChI is InChI=1S/C14H11ClN2OS/c15-10-8-13(19-9-10)14(18)12-6-7-16-17(12)11-4-2-1-3-5-11/h1-9,14,18H. The van der Waals surface area contributed by atoms with Crippen molar-refractivity contribution >= 4 is 22.9 Å². The molecule has 0 fully saturated rings. The van der Waals surface area contributed by atoms with Gasteiger partial charge < -0.3 is 5.11 Å². The van der Waals surface area contributed by atoms with E-state index in [1.165, 1.54) is 11.3 Å². The van der Waals surface area contributed by atoms with E-state index in [0.717, 1.165) is 16.3 Å². The quantitative estimate of drug-likeness (QED) is 0.799. The number of aliphatic hydroxyl groups excluding tert-OH is 1. The van der Waals surface area contributed by atoms with Crippen LogP contribution in [0.3, 0.4) is 0 Å². The van der Waals surface area contributed by atoms with Gasteiger partial charge in [-0.3, -0.25) is 0 Å². The van der Waals surface area contributed by atoms with Crippen molar-refractivity contribution in [1.82, 2.24) is 9.78 Å². The average molecular weight is 291 g/mol. The Bertz CT molecular complexity index is 678. The molecule has 0 saturated carbocycles. The predicted molar refractivity (Wildman–Crippen MR) is 77.0 cm³/mol. The molecular formula is C14H11ClN2OS. The first-order valence-corrected chi connectivity index (χ1v) is 7.03. The molecule has 0 bridgehead atoms. The molecule has 0 aliphatic rings. The van der Waals surface area contributed by atoms with Crippen LogP contribution in [0.25, 0.3) is 5.69 Å². The molecule has 0 aliphatic carbocycles. The lowest BCUT2D eigenvalue weighted by Gasteiger charge is -2.12. The maximum absolute atomic E-state index is 10.4. The summed E-state index contributed by atoms with van der Waals surface area (Å²) in [6.07, 6.45) is 0.959. The number of hydrogen-bond donors (Lipinski definition) is 1. The van der Waals surface area contributed by atoms with Crippen LogP contribution in [-0.2, 0) is 0 Å². The summed E-state index contributed by atoms with van der Waals surface area (Å²) in [4.78, 5) is 0.808. The SMILES string of the molecule is OC(c1cc(Cl)cs1)c1ccnn1-c1ccccc1. The van der Waals surface area contributed by atoms with Crippen LogP contribution in [-0.4, -0.2) is 14.9 Å². The third-order valence-corrected chi connectivity index (χ3v) is 4.14. The van der Waals surface area contributed by atoms with Crippen molar-refractivity contribution in [2.24, 2.45) is 0 Å². The Labute approximate surface area is 119 Å². The second-order valence-corrected chi connectivity index (χ2v) is 5.45. The van der Waals surface area contributed by atoms with Gasteiger partial charge in [-0.05, 0) is 24.3 Å². The first kappa shape index (κ1) is 12.4. The first-order chi connectivity index (χ1) is 9.25. The Morgan fingerprint density at radius 1 is 1.21 bits per heavy atom. The largest absolute Gasteiger partial charge is 0.381 e. The van der Waals surface area contributed by atoms with Gasteiger partial charge in [0.2, 0.25) is 0 Å². The second-order valence-electron chi connectivity index (χ2n) is 4.07. The fraction of sp³-hybridized carbons (Fsp3) is 0.0714. The molecular weight excluding hydrogens is 280 g/mol. The maximum Gasteiger partial charge on any atom is 0.130 e. The molecule has 19 heavy (non-hydrogen) atoms. The highest BCUT2D eigenvalue weighted by Gasteiger charge is 2.17. The number of nitrogens with zero attached hydrogens (tertiary/aromatic N) is 2. The van der Waals surface area contributed by atoms with Crippen LogP contribution in [0.15, 0.2) is 54.0 Å². The molecule has 1 aromatic carbocycles. The number of aromatic nitrogens is 2. The maximum atomic E-state index is 10.4. The van der Waals surface area contributed by atoms with E-state index in [4.69, 9.17) is 11.6 Å². The molecule has 0 amide bonds. The second kappa shape index (κ2) is 5.17. The number of thiophene rings is 1. The van der Waals surface area contributed by atoms with E-state index in [2.05, 4.69) is 5.10 Å². The number of halogens is 1. The van der Waals surface area contributed by atoms with Crippen LogP contribution >= 0.6 is 22.9 Å². The zero-order chi connectivity index (χ0) is 13.2. The summed E-state index contributed by atoms with van der Waals surface area (Å²) in [5, 5.41) is 17.1. The van der Waals surface area contributed by atoms with Gasteiger partial charge in [-0.1, -0.05) is 29.8 Å². The van der Waals surface area contributed by atoms with E-state index < -0.39 is 6.10 Å². The molecule has 2 aromatic heterocycles. The third-order valence-electron chi connectivity index (χ3n) is 2.81. The molecule has 1 atom stereocenters. The van der Waals surface area contributed by atoms with Gasteiger partial charge in [0.15, 0.2) is 0 Å². The van der Waals surface area contributed by atoms with Gasteiger partial charge in [-0.25, -0.2) is 4.68 Å². The molecule has 0 radical (unpaired) electrons. The fourth-order valence-corrected chi connectivity index (χ4v) is 3.00. The predicted octanol–water partition coefficient (Wildman–Crippen LogP) is 3.67. The zero-order valence-electron chi connectivity index (χ0n) is 9.90. The molecule has 0 aliphatic heterocycles. The summed E-state index contributed by atoms with van der Waals surface area (Å²) in [5.74, 6) is 0. The Balaban J connectivity index is 2.01. The lowest BCUT2D eigenvalue weighted by molar-refractivity contribution is 0.216. The number of hydrogen-bond acceptors (Lipinski definition) is 3. The van der Waals surface area contributed by atoms with Gasteiger partial charge >= 0.3 is 0 Å². The summed E-state index contributed by atoms with van der Waals surface area (Å²) in [7, 11) is 0. The topological polar surface area (TPSA) is 38.1 Å². The smallest absolute Gasteiger partial charge is 0.130 e. The van der Waals surface area contributed by atoms with Crippen molar-refractivity contribution in [3.05, 3.63) is 69.6 Å². The van der Waals surface area contributed by atoms with Gasteiger partial charge in [-0.15, -0.1) is 11.3 Å². The monoisotopic (exact) mass is 290 g/mol. The number of rotatable bonds is 3. The highest BCUT2D eigenvalue weighted by Crippen LogP contribution is 2.30. The van der Waals surface area contributed by atoms with Crippen LogP contribution in [0.4, 0.5) is 0 Å². The van der Waals surface area contributed by atoms with Gasteiger partial charge in [0.25, 0.3) is 0 Å². The third kappa shape index (κ3) is 2.42. The molecule has 0 saturated heterocycles. The summed E-state index contributed by atoms with van der Waals surface area (Å²) in [6, 6.07) is 13.3. The molecule has 2 heterocycles. The molecule has 5 heteroatoms. The molecule has 1 N–H and O–H groups in total. The summed E-state index contributed by atoms with van der Waals surface area (Å²) < 4.78 is 1.73. The van der Waals surface area contributed by atoms with Crippen LogP contribution in [0, 0.1) is 0 Å². The molecule has 0 spiro atoms. The van der Waals surface area contributed by atoms with Crippen LogP contribution in [0.2, 0.25) is 5.02 Å². The van der Waals surface area contributed by atoms with Crippen molar-refractivity contribution in [2.75, 3.05) is 0 Å². The zero-order valence-corrected chi connectivity index (χ0v) is 11.5. The van der Waals surface area contributed by atoms with Gasteiger partial charge in [0.1, 0.15) is 6.10 Å². The van der Waals surface area contributed by atoms with Crippen molar-refractivity contribution < 1.29 is 5.11 Å². The summed E-state index contributed by atoms with van der Waals surface area (Å²) in [5.41, 5.74) is 1.65. The van der Waals surface area contributed by atoms with E-state index >= 15 is 0 Å². The fourth-order valence-electron chi connectivity index (χ4n) is 1.92. The van der Waals surface area contributed by atoms with E-state index in [9.17, 15) is 5.11 Å². The van der Waals surface area contributed by atoms with Gasteiger partial charge in [0, 0.05) is 16.5 Å². The minimum Gasteiger partial charge on any atom is -0.381 e. The molecule has 3 aromatic rings. The highest BCUT2D eigenvalue weighted by molar-refractivity contribution is 7.10. The minimum absolute atomic E-state index is 0.643.